The van der Waals surface area contributed by atoms with E-state index in [9.17, 15) is 4.79 Å². The topological polar surface area (TPSA) is 82.8 Å². The number of carbonyl (C=O) groups is 1. The van der Waals surface area contributed by atoms with E-state index in [4.69, 9.17) is 16.3 Å². The summed E-state index contributed by atoms with van der Waals surface area (Å²) < 4.78 is 6.53. The van der Waals surface area contributed by atoms with Crippen LogP contribution in [-0.2, 0) is 4.74 Å². The number of halogens is 1. The van der Waals surface area contributed by atoms with Gasteiger partial charge < -0.3 is 4.74 Å². The second-order valence-electron chi connectivity index (χ2n) is 4.93. The molecule has 0 aliphatic carbocycles. The van der Waals surface area contributed by atoms with Crippen LogP contribution in [0.4, 0.5) is 0 Å². The lowest BCUT2D eigenvalue weighted by atomic mass is 10.1. The molecular formula is C16H14ClN5O2. The summed E-state index contributed by atoms with van der Waals surface area (Å²) in [7, 11) is 0. The number of hydrogen-bond acceptors (Lipinski definition) is 6. The molecule has 0 aromatic carbocycles. The van der Waals surface area contributed by atoms with E-state index in [1.807, 2.05) is 19.1 Å². The predicted molar refractivity (Wildman–Crippen MR) is 88.1 cm³/mol. The first-order valence-electron chi connectivity index (χ1n) is 7.29. The maximum absolute atomic E-state index is 12.0. The molecule has 3 heterocycles. The summed E-state index contributed by atoms with van der Waals surface area (Å²) in [5.74, 6) is -0.0805. The van der Waals surface area contributed by atoms with Crippen molar-refractivity contribution in [3.8, 4) is 17.2 Å². The molecule has 0 aliphatic rings. The van der Waals surface area contributed by atoms with Crippen molar-refractivity contribution in [3.63, 3.8) is 0 Å². The highest BCUT2D eigenvalue weighted by molar-refractivity contribution is 6.29. The first-order valence-corrected chi connectivity index (χ1v) is 7.66. The average molecular weight is 344 g/mol. The summed E-state index contributed by atoms with van der Waals surface area (Å²) in [6, 6.07) is 8.67. The summed E-state index contributed by atoms with van der Waals surface area (Å²) in [5, 5.41) is 12.4. The molecule has 3 aromatic rings. The molecule has 0 saturated carbocycles. The lowest BCUT2D eigenvalue weighted by Crippen LogP contribution is -2.08. The third-order valence-corrected chi connectivity index (χ3v) is 3.48. The van der Waals surface area contributed by atoms with Gasteiger partial charge in [-0.25, -0.2) is 9.48 Å². The van der Waals surface area contributed by atoms with E-state index in [0.717, 1.165) is 5.56 Å². The van der Waals surface area contributed by atoms with Gasteiger partial charge in [0.2, 0.25) is 0 Å². The molecule has 8 heteroatoms. The summed E-state index contributed by atoms with van der Waals surface area (Å²) in [5.41, 5.74) is 2.43. The van der Waals surface area contributed by atoms with Crippen LogP contribution in [0.15, 0.2) is 36.5 Å². The van der Waals surface area contributed by atoms with E-state index in [0.29, 0.717) is 17.2 Å². The second-order valence-corrected chi connectivity index (χ2v) is 5.32. The van der Waals surface area contributed by atoms with E-state index in [-0.39, 0.29) is 17.5 Å². The van der Waals surface area contributed by atoms with Gasteiger partial charge in [-0.1, -0.05) is 17.7 Å². The van der Waals surface area contributed by atoms with E-state index >= 15 is 0 Å². The smallest absolute Gasteiger partial charge is 0.358 e. The van der Waals surface area contributed by atoms with Crippen LogP contribution in [0.25, 0.3) is 17.2 Å². The van der Waals surface area contributed by atoms with E-state index < -0.39 is 5.97 Å². The maximum atomic E-state index is 12.0. The summed E-state index contributed by atoms with van der Waals surface area (Å²) in [4.78, 5) is 16.4. The Labute approximate surface area is 143 Å². The van der Waals surface area contributed by atoms with E-state index in [1.165, 1.54) is 4.68 Å². The van der Waals surface area contributed by atoms with Crippen molar-refractivity contribution in [1.29, 1.82) is 0 Å². The molecule has 122 valence electrons. The molecule has 3 aromatic heterocycles. The van der Waals surface area contributed by atoms with Gasteiger partial charge in [0.1, 0.15) is 0 Å². The van der Waals surface area contributed by atoms with Crippen LogP contribution in [0.3, 0.4) is 0 Å². The van der Waals surface area contributed by atoms with Crippen LogP contribution in [0.1, 0.15) is 23.0 Å². The monoisotopic (exact) mass is 343 g/mol. The largest absolute Gasteiger partial charge is 0.461 e. The van der Waals surface area contributed by atoms with Gasteiger partial charge in [0.25, 0.3) is 0 Å². The van der Waals surface area contributed by atoms with Gasteiger partial charge >= 0.3 is 5.97 Å². The number of ether oxygens (including phenoxy) is 1. The molecule has 0 saturated heterocycles. The lowest BCUT2D eigenvalue weighted by Gasteiger charge is -2.07. The maximum Gasteiger partial charge on any atom is 0.358 e. The molecule has 0 amide bonds. The van der Waals surface area contributed by atoms with Gasteiger partial charge in [0.15, 0.2) is 16.7 Å². The van der Waals surface area contributed by atoms with Gasteiger partial charge in [-0.2, -0.15) is 5.10 Å². The third kappa shape index (κ3) is 3.11. The minimum absolute atomic E-state index is 0.175. The lowest BCUT2D eigenvalue weighted by molar-refractivity contribution is 0.0519. The number of carbonyl (C=O) groups excluding carboxylic acids is 1. The van der Waals surface area contributed by atoms with Crippen molar-refractivity contribution < 1.29 is 9.53 Å². The van der Waals surface area contributed by atoms with Crippen LogP contribution in [0, 0.1) is 6.92 Å². The van der Waals surface area contributed by atoms with Gasteiger partial charge in [-0.3, -0.25) is 4.98 Å². The van der Waals surface area contributed by atoms with Crippen LogP contribution >= 0.6 is 11.6 Å². The quantitative estimate of drug-likeness (QED) is 0.677. The Balaban J connectivity index is 2.17. The Morgan fingerprint density at radius 3 is 2.79 bits per heavy atom. The van der Waals surface area contributed by atoms with E-state index in [2.05, 4.69) is 20.3 Å². The molecule has 0 spiro atoms. The first-order chi connectivity index (χ1) is 11.6. The van der Waals surface area contributed by atoms with Crippen LogP contribution < -0.4 is 0 Å². The Morgan fingerprint density at radius 1 is 1.29 bits per heavy atom. The summed E-state index contributed by atoms with van der Waals surface area (Å²) in [6.45, 7) is 3.94. The molecule has 3 rings (SSSR count). The number of hydrogen-bond donors (Lipinski definition) is 0. The van der Waals surface area contributed by atoms with Crippen LogP contribution in [0.2, 0.25) is 5.15 Å². The Hall–Kier alpha value is -2.80. The first kappa shape index (κ1) is 16.1. The van der Waals surface area contributed by atoms with Crippen molar-refractivity contribution in [2.75, 3.05) is 6.61 Å². The molecular weight excluding hydrogens is 330 g/mol. The number of pyridine rings is 1. The van der Waals surface area contributed by atoms with Gasteiger partial charge in [0, 0.05) is 12.3 Å². The van der Waals surface area contributed by atoms with Gasteiger partial charge in [-0.05, 0) is 37.6 Å². The van der Waals surface area contributed by atoms with Crippen LogP contribution in [0.5, 0.6) is 0 Å². The highest BCUT2D eigenvalue weighted by Crippen LogP contribution is 2.24. The normalized spacial score (nSPS) is 10.6. The second kappa shape index (κ2) is 6.76. The molecule has 24 heavy (non-hydrogen) atoms. The van der Waals surface area contributed by atoms with Gasteiger partial charge in [-0.15, -0.1) is 10.2 Å². The fourth-order valence-corrected chi connectivity index (χ4v) is 2.31. The van der Waals surface area contributed by atoms with E-state index in [1.54, 1.807) is 31.3 Å². The fraction of sp³-hybridized carbons (Fsp3) is 0.188. The van der Waals surface area contributed by atoms with Crippen LogP contribution in [-0.4, -0.2) is 37.5 Å². The molecule has 0 unspecified atom stereocenters. The number of aryl methyl sites for hydroxylation is 1. The van der Waals surface area contributed by atoms with Crippen molar-refractivity contribution in [1.82, 2.24) is 25.0 Å². The molecule has 0 N–H and O–H groups in total. The highest BCUT2D eigenvalue weighted by Gasteiger charge is 2.20. The molecule has 0 atom stereocenters. The van der Waals surface area contributed by atoms with Crippen molar-refractivity contribution >= 4 is 17.6 Å². The standard InChI is InChI=1S/C16H14ClN5O2/c1-3-24-16(23)11-9-12(15-10(2)5-4-8-18-15)22(21-11)14-7-6-13(17)19-20-14/h4-9H,3H2,1-2H3. The molecule has 0 aliphatic heterocycles. The number of nitrogens with zero attached hydrogens (tertiary/aromatic N) is 5. The molecule has 0 fully saturated rings. The SMILES string of the molecule is CCOC(=O)c1cc(-c2ncccc2C)n(-c2ccc(Cl)nn2)n1. The van der Waals surface area contributed by atoms with Crippen molar-refractivity contribution in [2.24, 2.45) is 0 Å². The number of esters is 1. The minimum atomic E-state index is -0.506. The Bertz CT molecular complexity index is 876. The third-order valence-electron chi connectivity index (χ3n) is 3.28. The molecule has 7 nitrogen and oxygen atoms in total. The summed E-state index contributed by atoms with van der Waals surface area (Å²) >= 11 is 5.79. The fourth-order valence-electron chi connectivity index (χ4n) is 2.20. The average Bonchev–Trinajstić information content (AvgIpc) is 3.01. The van der Waals surface area contributed by atoms with Crippen molar-refractivity contribution in [3.05, 3.63) is 52.9 Å². The minimum Gasteiger partial charge on any atom is -0.461 e. The van der Waals surface area contributed by atoms with Crippen molar-refractivity contribution in [2.45, 2.75) is 13.8 Å². The Morgan fingerprint density at radius 2 is 2.12 bits per heavy atom. The zero-order valence-electron chi connectivity index (χ0n) is 13.1. The zero-order chi connectivity index (χ0) is 17.1. The zero-order valence-corrected chi connectivity index (χ0v) is 13.9. The van der Waals surface area contributed by atoms with Gasteiger partial charge in [0.05, 0.1) is 18.0 Å². The predicted octanol–water partition coefficient (Wildman–Crippen LogP) is 2.86. The molecule has 0 bridgehead atoms. The number of aromatic nitrogens is 5. The highest BCUT2D eigenvalue weighted by atomic mass is 35.5. The molecule has 0 radical (unpaired) electrons. The summed E-state index contributed by atoms with van der Waals surface area (Å²) in [6.07, 6.45) is 1.68. The number of rotatable bonds is 4. The Kier molecular flexibility index (Phi) is 4.52.